The molecule has 0 aliphatic rings. The molecular weight excluding hydrogens is 224 g/mol. The first-order valence-electron chi connectivity index (χ1n) is 5.31. The Bertz CT molecular complexity index is 503. The highest BCUT2D eigenvalue weighted by Crippen LogP contribution is 1.83. The fourth-order valence-electron chi connectivity index (χ4n) is 1.37. The smallest absolute Gasteiger partial charge is 0.331 e. The second-order valence-electron chi connectivity index (χ2n) is 3.53. The van der Waals surface area contributed by atoms with Gasteiger partial charge in [0.05, 0.1) is 0 Å². The number of aromatic nitrogens is 2. The van der Waals surface area contributed by atoms with Crippen molar-refractivity contribution in [3.05, 3.63) is 33.1 Å². The Morgan fingerprint density at radius 3 is 2.76 bits per heavy atom. The van der Waals surface area contributed by atoms with E-state index in [9.17, 15) is 14.4 Å². The molecule has 0 atom stereocenters. The summed E-state index contributed by atoms with van der Waals surface area (Å²) in [5.41, 5.74) is 4.46. The SMILES string of the molecule is CNC(=O)Cn1ccc(=O)n(CCCN)c1=O. The van der Waals surface area contributed by atoms with E-state index in [1.807, 2.05) is 0 Å². The average molecular weight is 240 g/mol. The molecule has 7 heteroatoms. The van der Waals surface area contributed by atoms with Crippen molar-refractivity contribution in [1.29, 1.82) is 0 Å². The van der Waals surface area contributed by atoms with Gasteiger partial charge in [-0.15, -0.1) is 0 Å². The van der Waals surface area contributed by atoms with Gasteiger partial charge in [-0.2, -0.15) is 0 Å². The maximum absolute atomic E-state index is 11.9. The molecule has 0 bridgehead atoms. The summed E-state index contributed by atoms with van der Waals surface area (Å²) in [6, 6.07) is 1.26. The van der Waals surface area contributed by atoms with Gasteiger partial charge in [-0.05, 0) is 13.0 Å². The Kier molecular flexibility index (Phi) is 4.65. The summed E-state index contributed by atoms with van der Waals surface area (Å²) in [5.74, 6) is -0.295. The summed E-state index contributed by atoms with van der Waals surface area (Å²) < 4.78 is 2.27. The van der Waals surface area contributed by atoms with E-state index in [-0.39, 0.29) is 24.6 Å². The normalized spacial score (nSPS) is 10.2. The molecule has 0 unspecified atom stereocenters. The molecule has 94 valence electrons. The number of carbonyl (C=O) groups is 1. The molecule has 7 nitrogen and oxygen atoms in total. The van der Waals surface area contributed by atoms with Crippen LogP contribution in [0.15, 0.2) is 21.9 Å². The summed E-state index contributed by atoms with van der Waals surface area (Å²) in [7, 11) is 1.48. The Hall–Kier alpha value is -1.89. The summed E-state index contributed by atoms with van der Waals surface area (Å²) in [5, 5.41) is 2.41. The van der Waals surface area contributed by atoms with Crippen LogP contribution in [0.3, 0.4) is 0 Å². The summed E-state index contributed by atoms with van der Waals surface area (Å²) in [4.78, 5) is 34.5. The highest BCUT2D eigenvalue weighted by atomic mass is 16.2. The van der Waals surface area contributed by atoms with Crippen LogP contribution in [0.5, 0.6) is 0 Å². The Balaban J connectivity index is 3.06. The van der Waals surface area contributed by atoms with Crippen molar-refractivity contribution in [1.82, 2.24) is 14.5 Å². The minimum Gasteiger partial charge on any atom is -0.358 e. The van der Waals surface area contributed by atoms with Gasteiger partial charge in [-0.1, -0.05) is 0 Å². The lowest BCUT2D eigenvalue weighted by molar-refractivity contribution is -0.121. The molecule has 0 aliphatic carbocycles. The van der Waals surface area contributed by atoms with Gasteiger partial charge in [-0.3, -0.25) is 18.7 Å². The molecule has 3 N–H and O–H groups in total. The topological polar surface area (TPSA) is 99.1 Å². The summed E-state index contributed by atoms with van der Waals surface area (Å²) in [6.07, 6.45) is 1.86. The zero-order chi connectivity index (χ0) is 12.8. The number of carbonyl (C=O) groups excluding carboxylic acids is 1. The van der Waals surface area contributed by atoms with Gasteiger partial charge in [0.2, 0.25) is 5.91 Å². The molecule has 0 aliphatic heterocycles. The van der Waals surface area contributed by atoms with Crippen LogP contribution in [0.25, 0.3) is 0 Å². The highest BCUT2D eigenvalue weighted by molar-refractivity contribution is 5.75. The summed E-state index contributed by atoms with van der Waals surface area (Å²) in [6.45, 7) is 0.567. The first kappa shape index (κ1) is 13.2. The van der Waals surface area contributed by atoms with E-state index < -0.39 is 5.69 Å². The number of nitrogens with two attached hydrogens (primary N) is 1. The van der Waals surface area contributed by atoms with E-state index in [1.54, 1.807) is 0 Å². The minimum atomic E-state index is -0.491. The van der Waals surface area contributed by atoms with Crippen molar-refractivity contribution in [2.75, 3.05) is 13.6 Å². The van der Waals surface area contributed by atoms with E-state index in [4.69, 9.17) is 5.73 Å². The van der Waals surface area contributed by atoms with Crippen molar-refractivity contribution in [3.63, 3.8) is 0 Å². The third kappa shape index (κ3) is 3.28. The molecule has 0 saturated heterocycles. The molecule has 0 saturated carbocycles. The highest BCUT2D eigenvalue weighted by Gasteiger charge is 2.07. The van der Waals surface area contributed by atoms with Crippen molar-refractivity contribution < 1.29 is 4.79 Å². The third-order valence-electron chi connectivity index (χ3n) is 2.32. The van der Waals surface area contributed by atoms with E-state index in [0.29, 0.717) is 13.0 Å². The quantitative estimate of drug-likeness (QED) is 0.628. The van der Waals surface area contributed by atoms with Gasteiger partial charge in [0, 0.05) is 25.9 Å². The van der Waals surface area contributed by atoms with Crippen LogP contribution in [-0.2, 0) is 17.9 Å². The predicted molar refractivity (Wildman–Crippen MR) is 62.7 cm³/mol. The fourth-order valence-corrected chi connectivity index (χ4v) is 1.37. The molecular formula is C10H16N4O3. The molecule has 0 fully saturated rings. The van der Waals surface area contributed by atoms with Crippen LogP contribution in [0.1, 0.15) is 6.42 Å². The van der Waals surface area contributed by atoms with Crippen LogP contribution in [0.2, 0.25) is 0 Å². The zero-order valence-corrected chi connectivity index (χ0v) is 9.68. The molecule has 1 aromatic rings. The van der Waals surface area contributed by atoms with Gasteiger partial charge < -0.3 is 11.1 Å². The monoisotopic (exact) mass is 240 g/mol. The van der Waals surface area contributed by atoms with Crippen molar-refractivity contribution in [2.45, 2.75) is 19.5 Å². The van der Waals surface area contributed by atoms with Gasteiger partial charge >= 0.3 is 5.69 Å². The fraction of sp³-hybridized carbons (Fsp3) is 0.500. The first-order valence-corrected chi connectivity index (χ1v) is 5.31. The number of nitrogens with one attached hydrogen (secondary N) is 1. The largest absolute Gasteiger partial charge is 0.358 e. The van der Waals surface area contributed by atoms with E-state index in [1.165, 1.54) is 23.9 Å². The van der Waals surface area contributed by atoms with Crippen molar-refractivity contribution in [3.8, 4) is 0 Å². The van der Waals surface area contributed by atoms with Crippen LogP contribution < -0.4 is 22.3 Å². The molecule has 17 heavy (non-hydrogen) atoms. The lowest BCUT2D eigenvalue weighted by Crippen LogP contribution is -2.41. The first-order chi connectivity index (χ1) is 8.10. The molecule has 1 heterocycles. The number of amides is 1. The van der Waals surface area contributed by atoms with Gasteiger partial charge in [0.1, 0.15) is 6.54 Å². The predicted octanol–water partition coefficient (Wildman–Crippen LogP) is -1.90. The van der Waals surface area contributed by atoms with Crippen LogP contribution in [0.4, 0.5) is 0 Å². The number of hydrogen-bond donors (Lipinski definition) is 2. The second kappa shape index (κ2) is 6.00. The van der Waals surface area contributed by atoms with Crippen LogP contribution >= 0.6 is 0 Å². The molecule has 1 aromatic heterocycles. The van der Waals surface area contributed by atoms with E-state index in [0.717, 1.165) is 4.57 Å². The molecule has 1 rings (SSSR count). The maximum atomic E-state index is 11.9. The summed E-state index contributed by atoms with van der Waals surface area (Å²) >= 11 is 0. The molecule has 0 radical (unpaired) electrons. The van der Waals surface area contributed by atoms with Crippen molar-refractivity contribution in [2.24, 2.45) is 5.73 Å². The van der Waals surface area contributed by atoms with Gasteiger partial charge in [0.15, 0.2) is 0 Å². The Morgan fingerprint density at radius 1 is 1.47 bits per heavy atom. The third-order valence-corrected chi connectivity index (χ3v) is 2.32. The van der Waals surface area contributed by atoms with E-state index >= 15 is 0 Å². The van der Waals surface area contributed by atoms with Crippen LogP contribution in [-0.4, -0.2) is 28.6 Å². The molecule has 0 spiro atoms. The zero-order valence-electron chi connectivity index (χ0n) is 9.68. The standard InChI is InChI=1S/C10H16N4O3/c1-12-8(15)7-13-6-3-9(16)14(10(13)17)5-2-4-11/h3,6H,2,4-5,7,11H2,1H3,(H,12,15). The van der Waals surface area contributed by atoms with Gasteiger partial charge in [0.25, 0.3) is 5.56 Å². The number of hydrogen-bond acceptors (Lipinski definition) is 4. The number of rotatable bonds is 5. The molecule has 1 amide bonds. The minimum absolute atomic E-state index is 0.0990. The van der Waals surface area contributed by atoms with Crippen molar-refractivity contribution >= 4 is 5.91 Å². The number of nitrogens with zero attached hydrogens (tertiary/aromatic N) is 2. The lowest BCUT2D eigenvalue weighted by Gasteiger charge is -2.08. The second-order valence-corrected chi connectivity index (χ2v) is 3.53. The number of likely N-dealkylation sites (N-methyl/N-ethyl adjacent to an activating group) is 1. The lowest BCUT2D eigenvalue weighted by atomic mass is 10.4. The van der Waals surface area contributed by atoms with Crippen LogP contribution in [0, 0.1) is 0 Å². The Labute approximate surface area is 97.9 Å². The molecule has 0 aromatic carbocycles. The maximum Gasteiger partial charge on any atom is 0.331 e. The van der Waals surface area contributed by atoms with E-state index in [2.05, 4.69) is 5.32 Å². The van der Waals surface area contributed by atoms with Gasteiger partial charge in [-0.25, -0.2) is 4.79 Å². The average Bonchev–Trinajstić information content (AvgIpc) is 2.32. The Morgan fingerprint density at radius 2 is 2.18 bits per heavy atom.